The second-order valence-electron chi connectivity index (χ2n) is 5.58. The van der Waals surface area contributed by atoms with Crippen LogP contribution in [0, 0.1) is 12.3 Å². The number of benzene rings is 1. The van der Waals surface area contributed by atoms with Crippen molar-refractivity contribution in [2.75, 3.05) is 24.2 Å². The zero-order valence-electron chi connectivity index (χ0n) is 10.8. The van der Waals surface area contributed by atoms with Crippen LogP contribution in [0.2, 0.25) is 5.02 Å². The van der Waals surface area contributed by atoms with E-state index in [1.165, 1.54) is 0 Å². The van der Waals surface area contributed by atoms with E-state index >= 15 is 0 Å². The van der Waals surface area contributed by atoms with Crippen LogP contribution in [0.3, 0.4) is 0 Å². The third kappa shape index (κ3) is 3.31. The highest BCUT2D eigenvalue weighted by Crippen LogP contribution is 2.30. The number of anilines is 2. The van der Waals surface area contributed by atoms with Crippen molar-refractivity contribution in [2.24, 2.45) is 5.41 Å². The molecule has 1 rings (SSSR count). The first kappa shape index (κ1) is 13.2. The Morgan fingerprint density at radius 2 is 1.88 bits per heavy atom. The summed E-state index contributed by atoms with van der Waals surface area (Å²) in [7, 11) is 2.08. The number of halogens is 1. The van der Waals surface area contributed by atoms with Crippen LogP contribution in [0.25, 0.3) is 0 Å². The summed E-state index contributed by atoms with van der Waals surface area (Å²) in [5, 5.41) is 0.626. The molecule has 16 heavy (non-hydrogen) atoms. The zero-order valence-corrected chi connectivity index (χ0v) is 11.5. The van der Waals surface area contributed by atoms with E-state index in [0.717, 1.165) is 17.8 Å². The molecule has 90 valence electrons. The van der Waals surface area contributed by atoms with Gasteiger partial charge in [0, 0.05) is 19.3 Å². The van der Waals surface area contributed by atoms with Crippen LogP contribution in [0.5, 0.6) is 0 Å². The molecule has 0 spiro atoms. The minimum atomic E-state index is 0.259. The molecule has 0 aliphatic heterocycles. The Bertz CT molecular complexity index is 380. The molecule has 2 N–H and O–H groups in total. The van der Waals surface area contributed by atoms with Gasteiger partial charge in [-0.25, -0.2) is 0 Å². The maximum Gasteiger partial charge on any atom is 0.0656 e. The summed E-state index contributed by atoms with van der Waals surface area (Å²) < 4.78 is 0. The molecule has 2 nitrogen and oxygen atoms in total. The van der Waals surface area contributed by atoms with Gasteiger partial charge in [0.05, 0.1) is 10.7 Å². The number of nitrogen functional groups attached to an aromatic ring is 1. The summed E-state index contributed by atoms with van der Waals surface area (Å²) in [5.41, 5.74) is 8.98. The van der Waals surface area contributed by atoms with E-state index in [1.807, 2.05) is 12.1 Å². The van der Waals surface area contributed by atoms with Crippen molar-refractivity contribution in [3.63, 3.8) is 0 Å². The van der Waals surface area contributed by atoms with Crippen molar-refractivity contribution in [2.45, 2.75) is 27.7 Å². The Balaban J connectivity index is 3.00. The van der Waals surface area contributed by atoms with Gasteiger partial charge in [0.2, 0.25) is 0 Å². The van der Waals surface area contributed by atoms with Crippen LogP contribution in [0.4, 0.5) is 11.4 Å². The van der Waals surface area contributed by atoms with Gasteiger partial charge in [0.1, 0.15) is 0 Å². The summed E-state index contributed by atoms with van der Waals surface area (Å²) in [4.78, 5) is 2.22. The molecule has 0 saturated heterocycles. The second kappa shape index (κ2) is 4.54. The first-order valence-electron chi connectivity index (χ1n) is 5.47. The van der Waals surface area contributed by atoms with Gasteiger partial charge >= 0.3 is 0 Å². The molecule has 0 amide bonds. The molecule has 0 fully saturated rings. The summed E-state index contributed by atoms with van der Waals surface area (Å²) in [6, 6.07) is 3.87. The third-order valence-electron chi connectivity index (χ3n) is 2.44. The van der Waals surface area contributed by atoms with E-state index in [2.05, 4.69) is 39.6 Å². The molecule has 0 aromatic heterocycles. The van der Waals surface area contributed by atoms with Gasteiger partial charge in [-0.1, -0.05) is 32.4 Å². The molecule has 3 heteroatoms. The lowest BCUT2D eigenvalue weighted by molar-refractivity contribution is 0.419. The maximum absolute atomic E-state index is 6.05. The highest BCUT2D eigenvalue weighted by molar-refractivity contribution is 6.33. The number of hydrogen-bond donors (Lipinski definition) is 1. The first-order chi connectivity index (χ1) is 7.20. The Kier molecular flexibility index (Phi) is 3.74. The lowest BCUT2D eigenvalue weighted by Crippen LogP contribution is -2.29. The highest BCUT2D eigenvalue weighted by Gasteiger charge is 2.16. The van der Waals surface area contributed by atoms with E-state index in [9.17, 15) is 0 Å². The van der Waals surface area contributed by atoms with Crippen molar-refractivity contribution in [1.82, 2.24) is 0 Å². The van der Waals surface area contributed by atoms with E-state index in [1.54, 1.807) is 0 Å². The molecule has 0 heterocycles. The van der Waals surface area contributed by atoms with Crippen molar-refractivity contribution < 1.29 is 0 Å². The molecule has 0 aliphatic carbocycles. The van der Waals surface area contributed by atoms with Gasteiger partial charge in [-0.15, -0.1) is 0 Å². The van der Waals surface area contributed by atoms with Crippen LogP contribution < -0.4 is 10.6 Å². The van der Waals surface area contributed by atoms with Crippen molar-refractivity contribution in [3.8, 4) is 0 Å². The van der Waals surface area contributed by atoms with Crippen LogP contribution in [-0.2, 0) is 0 Å². The molecular weight excluding hydrogens is 220 g/mol. The number of nitrogens with two attached hydrogens (primary N) is 1. The van der Waals surface area contributed by atoms with Gasteiger partial charge in [0.25, 0.3) is 0 Å². The monoisotopic (exact) mass is 240 g/mol. The van der Waals surface area contributed by atoms with Gasteiger partial charge < -0.3 is 10.6 Å². The highest BCUT2D eigenvalue weighted by atomic mass is 35.5. The number of hydrogen-bond acceptors (Lipinski definition) is 2. The van der Waals surface area contributed by atoms with Gasteiger partial charge in [-0.3, -0.25) is 0 Å². The summed E-state index contributed by atoms with van der Waals surface area (Å²) in [6.45, 7) is 9.70. The molecule has 1 aromatic rings. The smallest absolute Gasteiger partial charge is 0.0656 e. The van der Waals surface area contributed by atoms with Gasteiger partial charge in [0.15, 0.2) is 0 Å². The van der Waals surface area contributed by atoms with Gasteiger partial charge in [-0.2, -0.15) is 0 Å². The SMILES string of the molecule is Cc1cc(N)c(Cl)cc1N(C)CC(C)(C)C. The van der Waals surface area contributed by atoms with Crippen molar-refractivity contribution in [3.05, 3.63) is 22.7 Å². The van der Waals surface area contributed by atoms with Crippen LogP contribution in [-0.4, -0.2) is 13.6 Å². The standard InChI is InChI=1S/C13H21ClN2/c1-9-6-11(15)10(14)7-12(9)16(5)8-13(2,3)4/h6-7H,8,15H2,1-5H3. The second-order valence-corrected chi connectivity index (χ2v) is 5.98. The van der Waals surface area contributed by atoms with Crippen LogP contribution in [0.1, 0.15) is 26.3 Å². The fraction of sp³-hybridized carbons (Fsp3) is 0.538. The molecule has 0 unspecified atom stereocenters. The third-order valence-corrected chi connectivity index (χ3v) is 2.77. The van der Waals surface area contributed by atoms with Gasteiger partial charge in [-0.05, 0) is 30.0 Å². The molecule has 0 bridgehead atoms. The quantitative estimate of drug-likeness (QED) is 0.799. The topological polar surface area (TPSA) is 29.3 Å². The number of aryl methyl sites for hydroxylation is 1. The normalized spacial score (nSPS) is 11.6. The Morgan fingerprint density at radius 3 is 2.38 bits per heavy atom. The summed E-state index contributed by atoms with van der Waals surface area (Å²) in [5.74, 6) is 0. The van der Waals surface area contributed by atoms with Crippen molar-refractivity contribution in [1.29, 1.82) is 0 Å². The zero-order chi connectivity index (χ0) is 12.5. The summed E-state index contributed by atoms with van der Waals surface area (Å²) >= 11 is 6.05. The molecule has 0 radical (unpaired) electrons. The Hall–Kier alpha value is -0.890. The molecule has 0 atom stereocenters. The summed E-state index contributed by atoms with van der Waals surface area (Å²) in [6.07, 6.45) is 0. The Labute approximate surface area is 103 Å². The van der Waals surface area contributed by atoms with E-state index in [-0.39, 0.29) is 5.41 Å². The fourth-order valence-electron chi connectivity index (χ4n) is 1.90. The van der Waals surface area contributed by atoms with E-state index in [4.69, 9.17) is 17.3 Å². The Morgan fingerprint density at radius 1 is 1.31 bits per heavy atom. The number of rotatable bonds is 2. The van der Waals surface area contributed by atoms with Crippen LogP contribution >= 0.6 is 11.6 Å². The van der Waals surface area contributed by atoms with Crippen molar-refractivity contribution >= 4 is 23.0 Å². The molecule has 1 aromatic carbocycles. The molecule has 0 saturated carbocycles. The molecular formula is C13H21ClN2. The molecule has 0 aliphatic rings. The fourth-order valence-corrected chi connectivity index (χ4v) is 2.06. The first-order valence-corrected chi connectivity index (χ1v) is 5.85. The minimum absolute atomic E-state index is 0.259. The predicted octanol–water partition coefficient (Wildman–Crippen LogP) is 3.71. The van der Waals surface area contributed by atoms with Crippen LogP contribution in [0.15, 0.2) is 12.1 Å². The largest absolute Gasteiger partial charge is 0.398 e. The minimum Gasteiger partial charge on any atom is -0.398 e. The average Bonchev–Trinajstić information content (AvgIpc) is 2.08. The van der Waals surface area contributed by atoms with E-state index in [0.29, 0.717) is 10.7 Å². The predicted molar refractivity (Wildman–Crippen MR) is 73.3 cm³/mol. The maximum atomic E-state index is 6.05. The lowest BCUT2D eigenvalue weighted by Gasteiger charge is -2.29. The average molecular weight is 241 g/mol. The number of nitrogens with zero attached hydrogens (tertiary/aromatic N) is 1. The lowest BCUT2D eigenvalue weighted by atomic mass is 9.96. The van der Waals surface area contributed by atoms with E-state index < -0.39 is 0 Å².